The number of fused-ring (bicyclic) bond motifs is 2. The zero-order chi connectivity index (χ0) is 28.7. The zero-order valence-corrected chi connectivity index (χ0v) is 25.1. The Morgan fingerprint density at radius 3 is 2.60 bits per heavy atom. The van der Waals surface area contributed by atoms with Gasteiger partial charge in [-0.05, 0) is 94.1 Å². The van der Waals surface area contributed by atoms with E-state index in [0.29, 0.717) is 28.4 Å². The van der Waals surface area contributed by atoms with Crippen molar-refractivity contribution in [3.8, 4) is 0 Å². The molecular weight excluding hydrogens is 530 g/mol. The number of aromatic amines is 1. The second-order valence-corrected chi connectivity index (χ2v) is 13.6. The minimum atomic E-state index is -0.842. The summed E-state index contributed by atoms with van der Waals surface area (Å²) < 4.78 is 28.0. The van der Waals surface area contributed by atoms with Gasteiger partial charge in [0.25, 0.3) is 0 Å². The molecule has 6 nitrogen and oxygen atoms in total. The Kier molecular flexibility index (Phi) is 7.97. The van der Waals surface area contributed by atoms with Crippen molar-refractivity contribution in [2.24, 2.45) is 5.92 Å². The predicted molar refractivity (Wildman–Crippen MR) is 165 cm³/mol. The summed E-state index contributed by atoms with van der Waals surface area (Å²) in [5.74, 6) is -0.233. The summed E-state index contributed by atoms with van der Waals surface area (Å²) in [7, 11) is 2.19. The van der Waals surface area contributed by atoms with Crippen LogP contribution in [0.1, 0.15) is 62.5 Å². The molecule has 2 saturated carbocycles. The highest BCUT2D eigenvalue weighted by molar-refractivity contribution is 5.78. The first-order chi connectivity index (χ1) is 20.5. The fourth-order valence-corrected chi connectivity index (χ4v) is 8.13. The maximum Gasteiger partial charge on any atom is 0.204 e. The molecule has 7 rings (SSSR count). The lowest BCUT2D eigenvalue weighted by molar-refractivity contribution is 0.153. The Balaban J connectivity index is 1.06. The van der Waals surface area contributed by atoms with E-state index < -0.39 is 11.6 Å². The van der Waals surface area contributed by atoms with Crippen molar-refractivity contribution in [3.05, 3.63) is 59.2 Å². The maximum atomic E-state index is 14.0. The highest BCUT2D eigenvalue weighted by Crippen LogP contribution is 2.63. The quantitative estimate of drug-likeness (QED) is 0.350. The molecule has 2 saturated heterocycles. The number of H-pyrrole nitrogens is 1. The first-order valence-electron chi connectivity index (χ1n) is 16.3. The Morgan fingerprint density at radius 2 is 1.79 bits per heavy atom. The van der Waals surface area contributed by atoms with Crippen molar-refractivity contribution in [2.75, 3.05) is 64.3 Å². The number of nitrogens with zero attached hydrogens (tertiary/aromatic N) is 5. The molecule has 0 amide bonds. The molecule has 42 heavy (non-hydrogen) atoms. The molecule has 4 aliphatic rings. The van der Waals surface area contributed by atoms with E-state index in [0.717, 1.165) is 71.0 Å². The summed E-state index contributed by atoms with van der Waals surface area (Å²) >= 11 is 0. The Bertz CT molecular complexity index is 1340. The number of halogens is 2. The van der Waals surface area contributed by atoms with Gasteiger partial charge in [0, 0.05) is 57.4 Å². The van der Waals surface area contributed by atoms with Crippen molar-refractivity contribution in [1.82, 2.24) is 24.7 Å². The summed E-state index contributed by atoms with van der Waals surface area (Å²) in [6.45, 7) is 9.97. The Morgan fingerprint density at radius 1 is 0.976 bits per heavy atom. The number of imidazole rings is 1. The Labute approximate surface area is 249 Å². The van der Waals surface area contributed by atoms with Crippen molar-refractivity contribution in [1.29, 1.82) is 0 Å². The molecule has 0 spiro atoms. The summed E-state index contributed by atoms with van der Waals surface area (Å²) in [6.07, 6.45) is 9.79. The lowest BCUT2D eigenvalue weighted by atomic mass is 9.80. The minimum absolute atomic E-state index is 0.319. The third-order valence-corrected chi connectivity index (χ3v) is 10.8. The highest BCUT2D eigenvalue weighted by atomic mass is 19.2. The van der Waals surface area contributed by atoms with Crippen LogP contribution in [0.2, 0.25) is 0 Å². The first-order valence-corrected chi connectivity index (χ1v) is 16.3. The first kappa shape index (κ1) is 28.2. The molecular formula is C34H46F2N6. The fraction of sp³-hybridized carbons (Fsp3) is 0.618. The van der Waals surface area contributed by atoms with Gasteiger partial charge >= 0.3 is 0 Å². The van der Waals surface area contributed by atoms with Crippen LogP contribution in [0.25, 0.3) is 11.0 Å². The van der Waals surface area contributed by atoms with Gasteiger partial charge in [-0.2, -0.15) is 0 Å². The van der Waals surface area contributed by atoms with Gasteiger partial charge in [0.2, 0.25) is 5.95 Å². The minimum Gasteiger partial charge on any atom is -0.339 e. The average molecular weight is 577 g/mol. The number of hydrogen-bond donors (Lipinski definition) is 1. The number of rotatable bonds is 9. The largest absolute Gasteiger partial charge is 0.339 e. The van der Waals surface area contributed by atoms with Crippen molar-refractivity contribution in [2.45, 2.75) is 69.4 Å². The lowest BCUT2D eigenvalue weighted by Gasteiger charge is -2.38. The fourth-order valence-electron chi connectivity index (χ4n) is 8.13. The summed E-state index contributed by atoms with van der Waals surface area (Å²) in [6, 6.07) is 12.3. The van der Waals surface area contributed by atoms with Gasteiger partial charge in [0.15, 0.2) is 11.6 Å². The van der Waals surface area contributed by atoms with Crippen LogP contribution in [0.15, 0.2) is 36.4 Å². The van der Waals surface area contributed by atoms with E-state index in [1.165, 1.54) is 68.5 Å². The van der Waals surface area contributed by atoms with Gasteiger partial charge in [0.05, 0.1) is 11.0 Å². The molecule has 3 aromatic rings. The molecule has 2 aliphatic carbocycles. The van der Waals surface area contributed by atoms with Crippen LogP contribution < -0.4 is 4.90 Å². The van der Waals surface area contributed by atoms with Gasteiger partial charge in [0.1, 0.15) is 0 Å². The van der Waals surface area contributed by atoms with E-state index in [9.17, 15) is 8.78 Å². The zero-order valence-electron chi connectivity index (χ0n) is 25.1. The van der Waals surface area contributed by atoms with E-state index in [2.05, 4.69) is 55.9 Å². The molecule has 2 aromatic carbocycles. The van der Waals surface area contributed by atoms with E-state index in [-0.39, 0.29) is 0 Å². The molecule has 1 N–H and O–H groups in total. The average Bonchev–Trinajstić information content (AvgIpc) is 3.62. The second-order valence-electron chi connectivity index (χ2n) is 13.6. The van der Waals surface area contributed by atoms with Gasteiger partial charge < -0.3 is 19.7 Å². The number of likely N-dealkylation sites (tertiary alicyclic amines) is 1. The second kappa shape index (κ2) is 11.9. The normalized spacial score (nSPS) is 27.3. The number of piperidine rings is 1. The number of nitrogens with one attached hydrogen (secondary N) is 1. The number of hydrogen-bond acceptors (Lipinski definition) is 5. The van der Waals surface area contributed by atoms with Crippen molar-refractivity contribution in [3.63, 3.8) is 0 Å². The highest BCUT2D eigenvalue weighted by Gasteiger charge is 2.58. The molecule has 4 fully saturated rings. The molecule has 1 unspecified atom stereocenters. The topological polar surface area (TPSA) is 41.6 Å². The smallest absolute Gasteiger partial charge is 0.204 e. The van der Waals surface area contributed by atoms with Crippen molar-refractivity contribution < 1.29 is 8.78 Å². The third kappa shape index (κ3) is 5.82. The molecule has 0 bridgehead atoms. The van der Waals surface area contributed by atoms with Crippen LogP contribution in [0, 0.1) is 17.6 Å². The SMILES string of the molecule is CN1CCN(CCCN(c2nc3cc(F)c(F)cc3[nH]2)[C@@H]2CC[C@]3(c4cccc(CN5CCCCC5)c4)CC3C2)CC1. The van der Waals surface area contributed by atoms with Gasteiger partial charge in [-0.3, -0.25) is 4.90 Å². The monoisotopic (exact) mass is 576 g/mol. The number of likely N-dealkylation sites (N-methyl/N-ethyl adjacent to an activating group) is 1. The molecule has 226 valence electrons. The van der Waals surface area contributed by atoms with Crippen molar-refractivity contribution >= 4 is 17.0 Å². The van der Waals surface area contributed by atoms with Crippen LogP contribution >= 0.6 is 0 Å². The van der Waals surface area contributed by atoms with Crippen LogP contribution in [0.3, 0.4) is 0 Å². The molecule has 3 heterocycles. The van der Waals surface area contributed by atoms with Crippen LogP contribution in [-0.4, -0.2) is 90.1 Å². The predicted octanol–water partition coefficient (Wildman–Crippen LogP) is 5.78. The molecule has 2 aliphatic heterocycles. The van der Waals surface area contributed by atoms with E-state index >= 15 is 0 Å². The van der Waals surface area contributed by atoms with Crippen LogP contribution in [-0.2, 0) is 12.0 Å². The molecule has 8 heteroatoms. The molecule has 3 atom stereocenters. The van der Waals surface area contributed by atoms with Gasteiger partial charge in [-0.15, -0.1) is 0 Å². The third-order valence-electron chi connectivity index (χ3n) is 10.8. The summed E-state index contributed by atoms with van der Waals surface area (Å²) in [4.78, 5) is 18.1. The van der Waals surface area contributed by atoms with E-state index in [1.807, 2.05) is 0 Å². The number of anilines is 1. The summed E-state index contributed by atoms with van der Waals surface area (Å²) in [5.41, 5.74) is 4.38. The standard InChI is InChI=1S/C34H46F2N6/c1-39-15-17-40(18-16-39)13-6-14-42(33-37-31-21-29(35)30(36)22-32(31)38-33)28-9-10-34(23-27(34)20-28)26-8-5-7-25(19-26)24-41-11-3-2-4-12-41/h5,7-8,19,21-22,27-28H,2-4,6,9-18,20,23-24H2,1H3,(H,37,38)/t27?,28-,34-/m1/s1. The van der Waals surface area contributed by atoms with Crippen LogP contribution in [0.4, 0.5) is 14.7 Å². The van der Waals surface area contributed by atoms with E-state index in [1.54, 1.807) is 0 Å². The van der Waals surface area contributed by atoms with Gasteiger partial charge in [-0.1, -0.05) is 30.7 Å². The number of piperazine rings is 1. The maximum absolute atomic E-state index is 14.0. The molecule has 0 radical (unpaired) electrons. The van der Waals surface area contributed by atoms with Gasteiger partial charge in [-0.25, -0.2) is 13.8 Å². The molecule has 1 aromatic heterocycles. The summed E-state index contributed by atoms with van der Waals surface area (Å²) in [5, 5.41) is 0. The van der Waals surface area contributed by atoms with Crippen LogP contribution in [0.5, 0.6) is 0 Å². The number of aromatic nitrogens is 2. The van der Waals surface area contributed by atoms with E-state index in [4.69, 9.17) is 4.98 Å². The lowest BCUT2D eigenvalue weighted by Crippen LogP contribution is -2.46. The Hall–Kier alpha value is -2.55. The number of benzene rings is 2.